The number of carbonyl (C=O) groups is 1. The number of aldehydes is 1. The van der Waals surface area contributed by atoms with Gasteiger partial charge in [-0.15, -0.1) is 0 Å². The van der Waals surface area contributed by atoms with Crippen LogP contribution in [0.2, 0.25) is 0 Å². The van der Waals surface area contributed by atoms with Gasteiger partial charge >= 0.3 is 0 Å². The molecule has 0 heterocycles. The van der Waals surface area contributed by atoms with Gasteiger partial charge in [-0.1, -0.05) is 12.1 Å². The molecule has 0 fully saturated rings. The molecular formula is C15H14O3. The Morgan fingerprint density at radius 1 is 1.06 bits per heavy atom. The van der Waals surface area contributed by atoms with Crippen molar-refractivity contribution in [2.45, 2.75) is 6.61 Å². The molecule has 0 aliphatic carbocycles. The summed E-state index contributed by atoms with van der Waals surface area (Å²) < 4.78 is 10.8. The van der Waals surface area contributed by atoms with Crippen LogP contribution in [0.4, 0.5) is 0 Å². The minimum Gasteiger partial charge on any atom is -0.497 e. The monoisotopic (exact) mass is 242 g/mol. The summed E-state index contributed by atoms with van der Waals surface area (Å²) in [5, 5.41) is 0. The van der Waals surface area contributed by atoms with Crippen molar-refractivity contribution >= 4 is 6.29 Å². The lowest BCUT2D eigenvalue weighted by molar-refractivity contribution is 0.112. The first-order valence-electron chi connectivity index (χ1n) is 5.63. The smallest absolute Gasteiger partial charge is 0.150 e. The third-order valence-electron chi connectivity index (χ3n) is 2.56. The number of benzene rings is 2. The van der Waals surface area contributed by atoms with E-state index >= 15 is 0 Å². The van der Waals surface area contributed by atoms with Gasteiger partial charge in [-0.05, 0) is 42.0 Å². The minimum absolute atomic E-state index is 0.470. The summed E-state index contributed by atoms with van der Waals surface area (Å²) in [7, 11) is 1.64. The van der Waals surface area contributed by atoms with Crippen LogP contribution in [-0.4, -0.2) is 13.4 Å². The van der Waals surface area contributed by atoms with Crippen LogP contribution in [0.15, 0.2) is 48.5 Å². The van der Waals surface area contributed by atoms with Crippen LogP contribution >= 0.6 is 0 Å². The first-order chi connectivity index (χ1) is 8.81. The molecule has 0 bridgehead atoms. The van der Waals surface area contributed by atoms with Crippen molar-refractivity contribution in [2.24, 2.45) is 0 Å². The van der Waals surface area contributed by atoms with Crippen LogP contribution in [0.5, 0.6) is 11.5 Å². The fraction of sp³-hybridized carbons (Fsp3) is 0.133. The lowest BCUT2D eigenvalue weighted by Crippen LogP contribution is -1.96. The lowest BCUT2D eigenvalue weighted by Gasteiger charge is -2.07. The molecule has 92 valence electrons. The van der Waals surface area contributed by atoms with Gasteiger partial charge in [0.25, 0.3) is 0 Å². The molecule has 0 aliphatic rings. The van der Waals surface area contributed by atoms with Crippen molar-refractivity contribution in [2.75, 3.05) is 7.11 Å². The molecule has 18 heavy (non-hydrogen) atoms. The van der Waals surface area contributed by atoms with Crippen molar-refractivity contribution in [3.05, 3.63) is 59.7 Å². The summed E-state index contributed by atoms with van der Waals surface area (Å²) in [4.78, 5) is 10.5. The Kier molecular flexibility index (Phi) is 3.97. The van der Waals surface area contributed by atoms with Crippen LogP contribution in [0, 0.1) is 0 Å². The SMILES string of the molecule is COc1cccc(COc2ccc(C=O)cc2)c1. The summed E-state index contributed by atoms with van der Waals surface area (Å²) in [6.45, 7) is 0.470. The van der Waals surface area contributed by atoms with Gasteiger partial charge in [0.15, 0.2) is 0 Å². The Bertz CT molecular complexity index is 518. The Morgan fingerprint density at radius 2 is 1.83 bits per heavy atom. The normalized spacial score (nSPS) is 9.83. The summed E-state index contributed by atoms with van der Waals surface area (Å²) >= 11 is 0. The molecule has 0 radical (unpaired) electrons. The summed E-state index contributed by atoms with van der Waals surface area (Å²) in [5.74, 6) is 1.55. The molecule has 0 atom stereocenters. The molecule has 2 rings (SSSR count). The molecule has 0 spiro atoms. The average Bonchev–Trinajstić information content (AvgIpc) is 2.46. The minimum atomic E-state index is 0.470. The zero-order valence-electron chi connectivity index (χ0n) is 10.1. The molecule has 0 amide bonds. The Morgan fingerprint density at radius 3 is 2.50 bits per heavy atom. The molecule has 2 aromatic carbocycles. The Labute approximate surface area is 106 Å². The fourth-order valence-electron chi connectivity index (χ4n) is 1.57. The molecule has 0 saturated carbocycles. The third kappa shape index (κ3) is 3.10. The molecule has 0 unspecified atom stereocenters. The van der Waals surface area contributed by atoms with Gasteiger partial charge in [0.2, 0.25) is 0 Å². The van der Waals surface area contributed by atoms with Gasteiger partial charge in [0.1, 0.15) is 24.4 Å². The molecule has 3 nitrogen and oxygen atoms in total. The van der Waals surface area contributed by atoms with Crippen LogP contribution in [0.25, 0.3) is 0 Å². The molecule has 2 aromatic rings. The second-order valence-corrected chi connectivity index (χ2v) is 3.83. The highest BCUT2D eigenvalue weighted by Gasteiger charge is 1.98. The second kappa shape index (κ2) is 5.87. The topological polar surface area (TPSA) is 35.5 Å². The van der Waals surface area contributed by atoms with E-state index in [9.17, 15) is 4.79 Å². The highest BCUT2D eigenvalue weighted by atomic mass is 16.5. The first-order valence-corrected chi connectivity index (χ1v) is 5.63. The predicted octanol–water partition coefficient (Wildman–Crippen LogP) is 3.09. The van der Waals surface area contributed by atoms with Crippen LogP contribution in [0.1, 0.15) is 15.9 Å². The van der Waals surface area contributed by atoms with E-state index in [0.717, 1.165) is 23.3 Å². The number of ether oxygens (including phenoxy) is 2. The van der Waals surface area contributed by atoms with Crippen molar-refractivity contribution in [1.82, 2.24) is 0 Å². The van der Waals surface area contributed by atoms with Gasteiger partial charge in [-0.3, -0.25) is 4.79 Å². The Balaban J connectivity index is 1.99. The molecule has 3 heteroatoms. The molecular weight excluding hydrogens is 228 g/mol. The van der Waals surface area contributed by atoms with E-state index in [1.165, 1.54) is 0 Å². The number of methoxy groups -OCH3 is 1. The lowest BCUT2D eigenvalue weighted by atomic mass is 10.2. The van der Waals surface area contributed by atoms with Crippen LogP contribution in [0.3, 0.4) is 0 Å². The summed E-state index contributed by atoms with van der Waals surface area (Å²) in [6, 6.07) is 14.7. The first kappa shape index (κ1) is 12.2. The number of hydrogen-bond donors (Lipinski definition) is 0. The fourth-order valence-corrected chi connectivity index (χ4v) is 1.57. The van der Waals surface area contributed by atoms with Crippen molar-refractivity contribution in [3.8, 4) is 11.5 Å². The van der Waals surface area contributed by atoms with Crippen molar-refractivity contribution in [3.63, 3.8) is 0 Å². The van der Waals surface area contributed by atoms with Crippen molar-refractivity contribution < 1.29 is 14.3 Å². The van der Waals surface area contributed by atoms with Gasteiger partial charge in [0.05, 0.1) is 7.11 Å². The van der Waals surface area contributed by atoms with Gasteiger partial charge < -0.3 is 9.47 Å². The Hall–Kier alpha value is -2.29. The molecule has 0 aliphatic heterocycles. The van der Waals surface area contributed by atoms with Gasteiger partial charge in [0, 0.05) is 5.56 Å². The zero-order valence-corrected chi connectivity index (χ0v) is 10.1. The quantitative estimate of drug-likeness (QED) is 0.756. The maximum atomic E-state index is 10.5. The highest BCUT2D eigenvalue weighted by molar-refractivity contribution is 5.74. The van der Waals surface area contributed by atoms with Crippen LogP contribution < -0.4 is 9.47 Å². The van der Waals surface area contributed by atoms with Gasteiger partial charge in [-0.25, -0.2) is 0 Å². The van der Waals surface area contributed by atoms with E-state index in [-0.39, 0.29) is 0 Å². The third-order valence-corrected chi connectivity index (χ3v) is 2.56. The van der Waals surface area contributed by atoms with E-state index in [1.807, 2.05) is 24.3 Å². The van der Waals surface area contributed by atoms with Gasteiger partial charge in [-0.2, -0.15) is 0 Å². The van der Waals surface area contributed by atoms with Crippen LogP contribution in [-0.2, 0) is 6.61 Å². The van der Waals surface area contributed by atoms with E-state index in [0.29, 0.717) is 12.2 Å². The number of carbonyl (C=O) groups excluding carboxylic acids is 1. The van der Waals surface area contributed by atoms with Crippen molar-refractivity contribution in [1.29, 1.82) is 0 Å². The van der Waals surface area contributed by atoms with E-state index in [4.69, 9.17) is 9.47 Å². The molecule has 0 N–H and O–H groups in total. The van der Waals surface area contributed by atoms with E-state index in [1.54, 1.807) is 31.4 Å². The highest BCUT2D eigenvalue weighted by Crippen LogP contribution is 2.16. The average molecular weight is 242 g/mol. The zero-order chi connectivity index (χ0) is 12.8. The number of hydrogen-bond acceptors (Lipinski definition) is 3. The van der Waals surface area contributed by atoms with E-state index in [2.05, 4.69) is 0 Å². The summed E-state index contributed by atoms with van der Waals surface area (Å²) in [6.07, 6.45) is 0.811. The standard InChI is InChI=1S/C15H14O3/c1-17-15-4-2-3-13(9-15)11-18-14-7-5-12(10-16)6-8-14/h2-10H,11H2,1H3. The predicted molar refractivity (Wildman–Crippen MR) is 69.2 cm³/mol. The maximum Gasteiger partial charge on any atom is 0.150 e. The summed E-state index contributed by atoms with van der Waals surface area (Å²) in [5.41, 5.74) is 1.68. The number of rotatable bonds is 5. The van der Waals surface area contributed by atoms with E-state index < -0.39 is 0 Å². The molecule has 0 aromatic heterocycles. The molecule has 0 saturated heterocycles. The largest absolute Gasteiger partial charge is 0.497 e. The second-order valence-electron chi connectivity index (χ2n) is 3.83. The maximum absolute atomic E-state index is 10.5.